The minimum Gasteiger partial charge on any atom is -0.312 e. The molecular weight excluding hydrogens is 180 g/mol. The smallest absolute Gasteiger partial charge is 0.232 e. The van der Waals surface area contributed by atoms with Gasteiger partial charge in [0.05, 0.1) is 0 Å². The van der Waals surface area contributed by atoms with Crippen LogP contribution in [0.4, 0.5) is 0 Å². The Labute approximate surface area is 83.6 Å². The van der Waals surface area contributed by atoms with E-state index >= 15 is 0 Å². The van der Waals surface area contributed by atoms with Gasteiger partial charge in [0.1, 0.15) is 0 Å². The Morgan fingerprint density at radius 2 is 2.29 bits per heavy atom. The van der Waals surface area contributed by atoms with Crippen LogP contribution in [0, 0.1) is 5.92 Å². The minimum atomic E-state index is -0.107. The van der Waals surface area contributed by atoms with Crippen LogP contribution in [0.15, 0.2) is 0 Å². The lowest BCUT2D eigenvalue weighted by Crippen LogP contribution is -2.40. The summed E-state index contributed by atoms with van der Waals surface area (Å²) >= 11 is 0. The molecule has 2 heterocycles. The van der Waals surface area contributed by atoms with Crippen molar-refractivity contribution >= 4 is 11.8 Å². The molecule has 78 valence electrons. The number of hydrogen-bond acceptors (Lipinski definition) is 3. The second kappa shape index (κ2) is 3.69. The van der Waals surface area contributed by atoms with Crippen LogP contribution >= 0.6 is 0 Å². The first kappa shape index (κ1) is 9.65. The van der Waals surface area contributed by atoms with Crippen molar-refractivity contribution in [2.24, 2.45) is 5.92 Å². The summed E-state index contributed by atoms with van der Waals surface area (Å²) in [5.74, 6) is -0.108. The number of likely N-dealkylation sites (tertiary alicyclic amines) is 1. The third kappa shape index (κ3) is 1.66. The Hall–Kier alpha value is -0.900. The molecule has 2 atom stereocenters. The maximum Gasteiger partial charge on any atom is 0.232 e. The molecule has 1 N–H and O–H groups in total. The van der Waals surface area contributed by atoms with Crippen molar-refractivity contribution in [1.29, 1.82) is 0 Å². The summed E-state index contributed by atoms with van der Waals surface area (Å²) in [7, 11) is 0. The van der Waals surface area contributed by atoms with Gasteiger partial charge in [-0.1, -0.05) is 6.92 Å². The van der Waals surface area contributed by atoms with Crippen LogP contribution in [0.2, 0.25) is 0 Å². The van der Waals surface area contributed by atoms with Gasteiger partial charge >= 0.3 is 0 Å². The first-order valence-electron chi connectivity index (χ1n) is 5.26. The van der Waals surface area contributed by atoms with E-state index in [2.05, 4.69) is 5.32 Å². The molecule has 0 aromatic carbocycles. The molecule has 2 aliphatic rings. The molecule has 0 spiro atoms. The fourth-order valence-corrected chi connectivity index (χ4v) is 2.17. The number of imide groups is 1. The number of carbonyl (C=O) groups is 2. The number of rotatable bonds is 2. The van der Waals surface area contributed by atoms with Crippen LogP contribution in [0.5, 0.6) is 0 Å². The monoisotopic (exact) mass is 196 g/mol. The zero-order valence-electron chi connectivity index (χ0n) is 8.45. The van der Waals surface area contributed by atoms with E-state index in [9.17, 15) is 9.59 Å². The van der Waals surface area contributed by atoms with E-state index in [4.69, 9.17) is 0 Å². The van der Waals surface area contributed by atoms with Gasteiger partial charge in [0.15, 0.2) is 0 Å². The normalized spacial score (nSPS) is 33.1. The maximum atomic E-state index is 11.6. The summed E-state index contributed by atoms with van der Waals surface area (Å²) in [5, 5.41) is 3.29. The van der Waals surface area contributed by atoms with E-state index in [1.54, 1.807) is 0 Å². The summed E-state index contributed by atoms with van der Waals surface area (Å²) in [6, 6.07) is 0.327. The zero-order valence-corrected chi connectivity index (χ0v) is 8.45. The molecule has 0 aromatic rings. The summed E-state index contributed by atoms with van der Waals surface area (Å²) in [6.07, 6.45) is 2.62. The van der Waals surface area contributed by atoms with E-state index in [0.29, 0.717) is 19.0 Å². The van der Waals surface area contributed by atoms with Gasteiger partial charge in [-0.3, -0.25) is 14.5 Å². The molecule has 0 saturated carbocycles. The van der Waals surface area contributed by atoms with E-state index in [1.165, 1.54) is 4.90 Å². The molecule has 4 heteroatoms. The van der Waals surface area contributed by atoms with Crippen molar-refractivity contribution in [3.05, 3.63) is 0 Å². The van der Waals surface area contributed by atoms with E-state index < -0.39 is 0 Å². The van der Waals surface area contributed by atoms with Crippen molar-refractivity contribution in [2.75, 3.05) is 13.1 Å². The molecule has 2 fully saturated rings. The van der Waals surface area contributed by atoms with Crippen LogP contribution in [0.25, 0.3) is 0 Å². The van der Waals surface area contributed by atoms with Gasteiger partial charge in [-0.2, -0.15) is 0 Å². The van der Waals surface area contributed by atoms with Crippen molar-refractivity contribution in [3.8, 4) is 0 Å². The summed E-state index contributed by atoms with van der Waals surface area (Å²) in [6.45, 7) is 3.40. The Kier molecular flexibility index (Phi) is 2.54. The summed E-state index contributed by atoms with van der Waals surface area (Å²) in [4.78, 5) is 24.5. The third-order valence-corrected chi connectivity index (χ3v) is 3.03. The van der Waals surface area contributed by atoms with Crippen LogP contribution in [-0.2, 0) is 9.59 Å². The fourth-order valence-electron chi connectivity index (χ4n) is 2.17. The van der Waals surface area contributed by atoms with Gasteiger partial charge in [0.25, 0.3) is 0 Å². The van der Waals surface area contributed by atoms with E-state index in [1.807, 2.05) is 6.92 Å². The first-order chi connectivity index (χ1) is 6.68. The average Bonchev–Trinajstić information content (AvgIpc) is 2.71. The van der Waals surface area contributed by atoms with Crippen LogP contribution in [0.1, 0.15) is 26.2 Å². The van der Waals surface area contributed by atoms with Crippen LogP contribution in [0.3, 0.4) is 0 Å². The zero-order chi connectivity index (χ0) is 10.1. The molecule has 2 saturated heterocycles. The predicted molar refractivity (Wildman–Crippen MR) is 51.5 cm³/mol. The Bertz CT molecular complexity index is 259. The molecule has 2 rings (SSSR count). The quantitative estimate of drug-likeness (QED) is 0.639. The fraction of sp³-hybridized carbons (Fsp3) is 0.800. The van der Waals surface area contributed by atoms with Crippen molar-refractivity contribution in [3.63, 3.8) is 0 Å². The van der Waals surface area contributed by atoms with Gasteiger partial charge in [0.2, 0.25) is 11.8 Å². The SMILES string of the molecule is CC1CC(=O)N(C[C@H]2CCCN2)C1=O. The standard InChI is InChI=1S/C10H16N2O2/c1-7-5-9(13)12(10(7)14)6-8-3-2-4-11-8/h7-8,11H,2-6H2,1H3/t7?,8-/m1/s1. The predicted octanol–water partition coefficient (Wildman–Crippen LogP) is 0.133. The highest BCUT2D eigenvalue weighted by atomic mass is 16.2. The lowest BCUT2D eigenvalue weighted by atomic mass is 10.1. The highest BCUT2D eigenvalue weighted by molar-refractivity contribution is 6.03. The molecule has 14 heavy (non-hydrogen) atoms. The van der Waals surface area contributed by atoms with E-state index in [-0.39, 0.29) is 17.7 Å². The van der Waals surface area contributed by atoms with Gasteiger partial charge in [-0.25, -0.2) is 0 Å². The van der Waals surface area contributed by atoms with Gasteiger partial charge in [0, 0.05) is 24.9 Å². The van der Waals surface area contributed by atoms with Gasteiger partial charge in [-0.15, -0.1) is 0 Å². The number of carbonyl (C=O) groups excluding carboxylic acids is 2. The average molecular weight is 196 g/mol. The maximum absolute atomic E-state index is 11.6. The molecular formula is C10H16N2O2. The lowest BCUT2D eigenvalue weighted by Gasteiger charge is -2.18. The van der Waals surface area contributed by atoms with Crippen molar-refractivity contribution in [2.45, 2.75) is 32.2 Å². The number of nitrogens with zero attached hydrogens (tertiary/aromatic N) is 1. The molecule has 0 aromatic heterocycles. The number of hydrogen-bond donors (Lipinski definition) is 1. The van der Waals surface area contributed by atoms with Crippen molar-refractivity contribution < 1.29 is 9.59 Å². The molecule has 2 aliphatic heterocycles. The third-order valence-electron chi connectivity index (χ3n) is 3.03. The topological polar surface area (TPSA) is 49.4 Å². The Morgan fingerprint density at radius 1 is 1.50 bits per heavy atom. The lowest BCUT2D eigenvalue weighted by molar-refractivity contribution is -0.139. The summed E-state index contributed by atoms with van der Waals surface area (Å²) < 4.78 is 0. The number of amides is 2. The van der Waals surface area contributed by atoms with Crippen LogP contribution < -0.4 is 5.32 Å². The molecule has 0 aliphatic carbocycles. The van der Waals surface area contributed by atoms with E-state index in [0.717, 1.165) is 19.4 Å². The molecule has 0 radical (unpaired) electrons. The highest BCUT2D eigenvalue weighted by Gasteiger charge is 2.36. The van der Waals surface area contributed by atoms with Gasteiger partial charge < -0.3 is 5.32 Å². The van der Waals surface area contributed by atoms with Gasteiger partial charge in [-0.05, 0) is 19.4 Å². The van der Waals surface area contributed by atoms with Crippen molar-refractivity contribution in [1.82, 2.24) is 10.2 Å². The second-order valence-corrected chi connectivity index (χ2v) is 4.24. The number of nitrogens with one attached hydrogen (secondary N) is 1. The largest absolute Gasteiger partial charge is 0.312 e. The Balaban J connectivity index is 1.96. The molecule has 1 unspecified atom stereocenters. The Morgan fingerprint density at radius 3 is 2.79 bits per heavy atom. The molecule has 2 amide bonds. The summed E-state index contributed by atoms with van der Waals surface area (Å²) in [5.41, 5.74) is 0. The second-order valence-electron chi connectivity index (χ2n) is 4.24. The molecule has 0 bridgehead atoms. The van der Waals surface area contributed by atoms with Crippen LogP contribution in [-0.4, -0.2) is 35.8 Å². The first-order valence-corrected chi connectivity index (χ1v) is 5.26. The highest BCUT2D eigenvalue weighted by Crippen LogP contribution is 2.20. The minimum absolute atomic E-state index is 0.00343. The molecule has 4 nitrogen and oxygen atoms in total.